The zero-order valence-electron chi connectivity index (χ0n) is 18.6. The Hall–Kier alpha value is -3.57. The summed E-state index contributed by atoms with van der Waals surface area (Å²) >= 11 is 0. The van der Waals surface area contributed by atoms with Crippen LogP contribution in [0.1, 0.15) is 41.5 Å². The van der Waals surface area contributed by atoms with Gasteiger partial charge in [-0.05, 0) is 51.1 Å². The molecule has 0 spiro atoms. The number of nitriles is 1. The second-order valence-corrected chi connectivity index (χ2v) is 8.11. The molecular weight excluding hydrogens is 406 g/mol. The Kier molecular flexibility index (Phi) is 6.01. The Morgan fingerprint density at radius 1 is 1.38 bits per heavy atom. The third-order valence-corrected chi connectivity index (χ3v) is 6.10. The number of nitrogens with zero attached hydrogens (tertiary/aromatic N) is 3. The number of likely N-dealkylation sites (tertiary alicyclic amines) is 1. The number of methoxy groups -OCH3 is 1. The number of amides is 1. The molecule has 0 radical (unpaired) electrons. The lowest BCUT2D eigenvalue weighted by Gasteiger charge is -2.33. The number of ether oxygens (including phenoxy) is 2. The summed E-state index contributed by atoms with van der Waals surface area (Å²) in [6.45, 7) is 7.27. The molecule has 8 nitrogen and oxygen atoms in total. The molecule has 1 saturated heterocycles. The highest BCUT2D eigenvalue weighted by Crippen LogP contribution is 2.48. The summed E-state index contributed by atoms with van der Waals surface area (Å²) in [6.07, 6.45) is 2.98. The molecule has 1 fully saturated rings. The van der Waals surface area contributed by atoms with Gasteiger partial charge in [0.15, 0.2) is 0 Å². The van der Waals surface area contributed by atoms with E-state index in [4.69, 9.17) is 15.2 Å². The molecule has 0 aliphatic carbocycles. The molecule has 2 aliphatic heterocycles. The molecule has 3 N–H and O–H groups in total. The number of primary amides is 1. The number of nitrogens with one attached hydrogen (secondary N) is 1. The second kappa shape index (κ2) is 8.89. The predicted molar refractivity (Wildman–Crippen MR) is 121 cm³/mol. The Morgan fingerprint density at radius 2 is 2.16 bits per heavy atom. The lowest BCUT2D eigenvalue weighted by molar-refractivity contribution is -0.114. The number of anilines is 1. The van der Waals surface area contributed by atoms with Crippen LogP contribution in [0.5, 0.6) is 11.6 Å². The molecule has 1 aromatic heterocycles. The summed E-state index contributed by atoms with van der Waals surface area (Å²) in [5, 5.41) is 12.6. The maximum atomic E-state index is 12.6. The van der Waals surface area contributed by atoms with Crippen molar-refractivity contribution in [2.24, 2.45) is 5.73 Å². The van der Waals surface area contributed by atoms with E-state index in [1.54, 1.807) is 31.5 Å². The number of pyridine rings is 1. The minimum atomic E-state index is -0.544. The summed E-state index contributed by atoms with van der Waals surface area (Å²) in [5.74, 6) is -0.120. The molecule has 3 heterocycles. The lowest BCUT2D eigenvalue weighted by Crippen LogP contribution is -2.39. The van der Waals surface area contributed by atoms with E-state index in [1.165, 1.54) is 6.42 Å². The molecule has 166 valence electrons. The van der Waals surface area contributed by atoms with E-state index >= 15 is 0 Å². The number of nitrogens with two attached hydrogens (primary N) is 1. The van der Waals surface area contributed by atoms with Gasteiger partial charge in [-0.15, -0.1) is 0 Å². The van der Waals surface area contributed by atoms with Gasteiger partial charge in [0.2, 0.25) is 11.8 Å². The van der Waals surface area contributed by atoms with Gasteiger partial charge in [-0.1, -0.05) is 6.07 Å². The van der Waals surface area contributed by atoms with Crippen LogP contribution in [-0.2, 0) is 4.79 Å². The van der Waals surface area contributed by atoms with Crippen molar-refractivity contribution >= 4 is 11.6 Å². The van der Waals surface area contributed by atoms with Crippen LogP contribution in [-0.4, -0.2) is 49.1 Å². The topological polar surface area (TPSA) is 113 Å². The Balaban J connectivity index is 1.85. The van der Waals surface area contributed by atoms with Crippen molar-refractivity contribution in [3.63, 3.8) is 0 Å². The normalized spacial score (nSPS) is 17.6. The number of rotatable bonds is 7. The van der Waals surface area contributed by atoms with Crippen LogP contribution in [0.4, 0.5) is 5.69 Å². The monoisotopic (exact) mass is 433 g/mol. The number of carbonyl (C=O) groups excluding carboxylic acids is 1. The average molecular weight is 434 g/mol. The van der Waals surface area contributed by atoms with Gasteiger partial charge < -0.3 is 20.5 Å². The van der Waals surface area contributed by atoms with E-state index in [2.05, 4.69) is 21.3 Å². The zero-order valence-corrected chi connectivity index (χ0v) is 18.6. The standard InChI is InChI=1S/C24H27N5O3/c1-14-13-27-24(32-10-9-29-7-4-8-29)21-20(19(23(26)30)15(2)28-22(14)21)17-6-5-16(12-25)11-18(17)31-3/h5-6,11,13,20,28H,4,7-10H2,1-3H3,(H2,26,30)/t20-/m1/s1. The van der Waals surface area contributed by atoms with E-state index in [0.717, 1.165) is 42.0 Å². The van der Waals surface area contributed by atoms with Crippen LogP contribution >= 0.6 is 0 Å². The highest BCUT2D eigenvalue weighted by molar-refractivity contribution is 5.98. The fourth-order valence-corrected chi connectivity index (χ4v) is 4.31. The van der Waals surface area contributed by atoms with Gasteiger partial charge in [0.25, 0.3) is 0 Å². The molecule has 1 aromatic carbocycles. The van der Waals surface area contributed by atoms with Gasteiger partial charge in [-0.3, -0.25) is 9.69 Å². The van der Waals surface area contributed by atoms with E-state index < -0.39 is 11.8 Å². The van der Waals surface area contributed by atoms with Crippen molar-refractivity contribution in [3.05, 3.63) is 57.9 Å². The van der Waals surface area contributed by atoms with Crippen molar-refractivity contribution < 1.29 is 14.3 Å². The third kappa shape index (κ3) is 3.87. The van der Waals surface area contributed by atoms with Crippen LogP contribution in [0.25, 0.3) is 0 Å². The van der Waals surface area contributed by atoms with E-state index in [-0.39, 0.29) is 0 Å². The SMILES string of the molecule is COc1cc(C#N)ccc1[C@@H]1C(C(N)=O)=C(C)Nc2c(C)cnc(OCCN3CCC3)c21. The first-order chi connectivity index (χ1) is 15.4. The fraction of sp³-hybridized carbons (Fsp3) is 0.375. The molecule has 8 heteroatoms. The third-order valence-electron chi connectivity index (χ3n) is 6.10. The summed E-state index contributed by atoms with van der Waals surface area (Å²) in [7, 11) is 1.54. The summed E-state index contributed by atoms with van der Waals surface area (Å²) < 4.78 is 11.7. The summed E-state index contributed by atoms with van der Waals surface area (Å²) in [4.78, 5) is 19.5. The Bertz CT molecular complexity index is 1130. The van der Waals surface area contributed by atoms with Crippen molar-refractivity contribution in [2.75, 3.05) is 38.7 Å². The van der Waals surface area contributed by atoms with Gasteiger partial charge in [0.05, 0.1) is 35.9 Å². The highest BCUT2D eigenvalue weighted by Gasteiger charge is 2.37. The molecule has 4 rings (SSSR count). The molecule has 2 aromatic rings. The first kappa shape index (κ1) is 21.7. The number of allylic oxidation sites excluding steroid dienone is 1. The van der Waals surface area contributed by atoms with Gasteiger partial charge in [0, 0.05) is 29.6 Å². The number of benzene rings is 1. The quantitative estimate of drug-likeness (QED) is 0.690. The highest BCUT2D eigenvalue weighted by atomic mass is 16.5. The predicted octanol–water partition coefficient (Wildman–Crippen LogP) is 2.67. The van der Waals surface area contributed by atoms with Crippen molar-refractivity contribution in [2.45, 2.75) is 26.2 Å². The average Bonchev–Trinajstić information content (AvgIpc) is 2.75. The Morgan fingerprint density at radius 3 is 2.78 bits per heavy atom. The second-order valence-electron chi connectivity index (χ2n) is 8.11. The van der Waals surface area contributed by atoms with E-state index in [9.17, 15) is 10.1 Å². The number of hydrogen-bond donors (Lipinski definition) is 2. The van der Waals surface area contributed by atoms with Crippen LogP contribution in [0.3, 0.4) is 0 Å². The van der Waals surface area contributed by atoms with Crippen molar-refractivity contribution in [3.8, 4) is 17.7 Å². The molecule has 0 bridgehead atoms. The molecule has 1 atom stereocenters. The smallest absolute Gasteiger partial charge is 0.247 e. The summed E-state index contributed by atoms with van der Waals surface area (Å²) in [5.41, 5.74) is 10.6. The van der Waals surface area contributed by atoms with E-state index in [0.29, 0.717) is 35.1 Å². The van der Waals surface area contributed by atoms with E-state index in [1.807, 2.05) is 13.8 Å². The van der Waals surface area contributed by atoms with Gasteiger partial charge in [-0.2, -0.15) is 5.26 Å². The van der Waals surface area contributed by atoms with Crippen LogP contribution in [0, 0.1) is 18.3 Å². The first-order valence-corrected chi connectivity index (χ1v) is 10.6. The zero-order chi connectivity index (χ0) is 22.8. The van der Waals surface area contributed by atoms with Crippen molar-refractivity contribution in [1.29, 1.82) is 5.26 Å². The van der Waals surface area contributed by atoms with Crippen LogP contribution in [0.15, 0.2) is 35.7 Å². The molecule has 1 amide bonds. The minimum Gasteiger partial charge on any atom is -0.496 e. The molecule has 0 unspecified atom stereocenters. The minimum absolute atomic E-state index is 0.417. The number of aryl methyl sites for hydroxylation is 1. The van der Waals surface area contributed by atoms with Gasteiger partial charge in [-0.25, -0.2) is 4.98 Å². The molecule has 32 heavy (non-hydrogen) atoms. The van der Waals surface area contributed by atoms with Crippen LogP contribution in [0.2, 0.25) is 0 Å². The van der Waals surface area contributed by atoms with Gasteiger partial charge >= 0.3 is 0 Å². The lowest BCUT2D eigenvalue weighted by atomic mass is 9.79. The number of carbonyl (C=O) groups is 1. The Labute approximate surface area is 187 Å². The fourth-order valence-electron chi connectivity index (χ4n) is 4.31. The number of fused-ring (bicyclic) bond motifs is 1. The van der Waals surface area contributed by atoms with Crippen LogP contribution < -0.4 is 20.5 Å². The summed E-state index contributed by atoms with van der Waals surface area (Å²) in [6, 6.07) is 7.31. The number of aromatic nitrogens is 1. The largest absolute Gasteiger partial charge is 0.496 e. The first-order valence-electron chi connectivity index (χ1n) is 10.6. The molecule has 2 aliphatic rings. The molecule has 0 saturated carbocycles. The molecular formula is C24H27N5O3. The van der Waals surface area contributed by atoms with Crippen molar-refractivity contribution in [1.82, 2.24) is 9.88 Å². The van der Waals surface area contributed by atoms with Gasteiger partial charge in [0.1, 0.15) is 12.4 Å². The maximum absolute atomic E-state index is 12.6. The maximum Gasteiger partial charge on any atom is 0.247 e. The number of hydrogen-bond acceptors (Lipinski definition) is 7.